The highest BCUT2D eigenvalue weighted by Gasteiger charge is 2.23. The second kappa shape index (κ2) is 5.49. The van der Waals surface area contributed by atoms with Gasteiger partial charge in [0.2, 0.25) is 11.8 Å². The first-order valence-corrected chi connectivity index (χ1v) is 6.25. The summed E-state index contributed by atoms with van der Waals surface area (Å²) in [6, 6.07) is 5.66. The fraction of sp³-hybridized carbons (Fsp3) is 0.333. The van der Waals surface area contributed by atoms with Gasteiger partial charge in [0.25, 0.3) is 0 Å². The molecule has 5 nitrogen and oxygen atoms in total. The highest BCUT2D eigenvalue weighted by molar-refractivity contribution is 9.10. The molecule has 0 aromatic heterocycles. The van der Waals surface area contributed by atoms with Crippen LogP contribution in [0.25, 0.3) is 0 Å². The van der Waals surface area contributed by atoms with Crippen molar-refractivity contribution in [1.82, 2.24) is 10.2 Å². The zero-order valence-electron chi connectivity index (χ0n) is 9.90. The summed E-state index contributed by atoms with van der Waals surface area (Å²) < 4.78 is 6.20. The number of methoxy groups -OCH3 is 1. The van der Waals surface area contributed by atoms with Gasteiger partial charge in [0.15, 0.2) is 0 Å². The van der Waals surface area contributed by atoms with Gasteiger partial charge in [-0.3, -0.25) is 19.8 Å². The Balaban J connectivity index is 2.15. The van der Waals surface area contributed by atoms with Crippen molar-refractivity contribution >= 4 is 27.7 Å². The molecule has 1 heterocycles. The molecule has 1 N–H and O–H groups in total. The average Bonchev–Trinajstić information content (AvgIpc) is 2.27. The lowest BCUT2D eigenvalue weighted by atomic mass is 10.1. The lowest BCUT2D eigenvalue weighted by Gasteiger charge is -2.25. The molecule has 0 bridgehead atoms. The summed E-state index contributed by atoms with van der Waals surface area (Å²) in [5, 5.41) is 2.27. The molecule has 0 atom stereocenters. The summed E-state index contributed by atoms with van der Waals surface area (Å²) in [7, 11) is 1.60. The standard InChI is InChI=1S/C12H13BrN2O3/c1-18-10-3-2-9(13)4-8(10)5-15-6-11(16)14-12(17)7-15/h2-4H,5-7H2,1H3,(H,14,16,17). The van der Waals surface area contributed by atoms with Crippen molar-refractivity contribution in [2.45, 2.75) is 6.54 Å². The second-order valence-electron chi connectivity index (χ2n) is 4.07. The van der Waals surface area contributed by atoms with Gasteiger partial charge in [-0.1, -0.05) is 15.9 Å². The molecule has 2 amide bonds. The summed E-state index contributed by atoms with van der Waals surface area (Å²) in [6.07, 6.45) is 0. The Kier molecular flexibility index (Phi) is 3.98. The summed E-state index contributed by atoms with van der Waals surface area (Å²) >= 11 is 3.39. The van der Waals surface area contributed by atoms with Crippen molar-refractivity contribution in [2.24, 2.45) is 0 Å². The minimum Gasteiger partial charge on any atom is -0.496 e. The number of nitrogens with zero attached hydrogens (tertiary/aromatic N) is 1. The van der Waals surface area contributed by atoms with Crippen LogP contribution < -0.4 is 10.1 Å². The molecule has 96 valence electrons. The normalized spacial score (nSPS) is 16.6. The van der Waals surface area contributed by atoms with E-state index in [4.69, 9.17) is 4.74 Å². The maximum absolute atomic E-state index is 11.3. The van der Waals surface area contributed by atoms with Crippen LogP contribution in [0.3, 0.4) is 0 Å². The van der Waals surface area contributed by atoms with Gasteiger partial charge in [0, 0.05) is 16.6 Å². The van der Waals surface area contributed by atoms with E-state index < -0.39 is 0 Å². The third-order valence-corrected chi connectivity index (χ3v) is 3.14. The molecule has 1 aromatic carbocycles. The Morgan fingerprint density at radius 1 is 1.33 bits per heavy atom. The lowest BCUT2D eigenvalue weighted by molar-refractivity contribution is -0.136. The molecule has 1 aliphatic rings. The second-order valence-corrected chi connectivity index (χ2v) is 4.99. The first kappa shape index (κ1) is 13.0. The smallest absolute Gasteiger partial charge is 0.240 e. The highest BCUT2D eigenvalue weighted by atomic mass is 79.9. The summed E-state index contributed by atoms with van der Waals surface area (Å²) in [5.41, 5.74) is 0.939. The molecule has 0 spiro atoms. The Morgan fingerprint density at radius 2 is 2.00 bits per heavy atom. The zero-order valence-corrected chi connectivity index (χ0v) is 11.5. The van der Waals surface area contributed by atoms with Gasteiger partial charge in [-0.25, -0.2) is 0 Å². The molecule has 1 aliphatic heterocycles. The Labute approximate surface area is 113 Å². The molecular formula is C12H13BrN2O3. The van der Waals surface area contributed by atoms with E-state index in [-0.39, 0.29) is 24.9 Å². The molecule has 1 aromatic rings. The molecule has 1 fully saturated rings. The zero-order chi connectivity index (χ0) is 13.1. The summed E-state index contributed by atoms with van der Waals surface area (Å²) in [5.74, 6) is 0.219. The molecule has 18 heavy (non-hydrogen) atoms. The van der Waals surface area contributed by atoms with Crippen molar-refractivity contribution in [3.05, 3.63) is 28.2 Å². The van der Waals surface area contributed by atoms with Crippen LogP contribution >= 0.6 is 15.9 Å². The largest absolute Gasteiger partial charge is 0.496 e. The molecule has 0 aliphatic carbocycles. The van der Waals surface area contributed by atoms with Gasteiger partial charge < -0.3 is 4.74 Å². The van der Waals surface area contributed by atoms with E-state index in [2.05, 4.69) is 21.2 Å². The van der Waals surface area contributed by atoms with Gasteiger partial charge >= 0.3 is 0 Å². The third kappa shape index (κ3) is 3.08. The van der Waals surface area contributed by atoms with Crippen molar-refractivity contribution in [2.75, 3.05) is 20.2 Å². The maximum Gasteiger partial charge on any atom is 0.240 e. The first-order valence-electron chi connectivity index (χ1n) is 5.46. The van der Waals surface area contributed by atoms with Crippen LogP contribution in [0.15, 0.2) is 22.7 Å². The molecule has 0 radical (unpaired) electrons. The fourth-order valence-electron chi connectivity index (χ4n) is 1.92. The van der Waals surface area contributed by atoms with Gasteiger partial charge in [-0.2, -0.15) is 0 Å². The Morgan fingerprint density at radius 3 is 2.61 bits per heavy atom. The minimum absolute atomic E-state index is 0.224. The van der Waals surface area contributed by atoms with E-state index in [1.807, 2.05) is 18.2 Å². The van der Waals surface area contributed by atoms with E-state index in [1.165, 1.54) is 0 Å². The number of nitrogens with one attached hydrogen (secondary N) is 1. The Hall–Kier alpha value is -1.40. The highest BCUT2D eigenvalue weighted by Crippen LogP contribution is 2.24. The van der Waals surface area contributed by atoms with Crippen LogP contribution in [0.2, 0.25) is 0 Å². The number of ether oxygens (including phenoxy) is 1. The molecule has 0 unspecified atom stereocenters. The van der Waals surface area contributed by atoms with Crippen molar-refractivity contribution in [3.63, 3.8) is 0 Å². The molecular weight excluding hydrogens is 300 g/mol. The maximum atomic E-state index is 11.3. The van der Waals surface area contributed by atoms with Crippen LogP contribution in [-0.4, -0.2) is 36.9 Å². The minimum atomic E-state index is -0.264. The monoisotopic (exact) mass is 312 g/mol. The van der Waals surface area contributed by atoms with Gasteiger partial charge in [-0.05, 0) is 18.2 Å². The van der Waals surface area contributed by atoms with E-state index >= 15 is 0 Å². The number of rotatable bonds is 3. The summed E-state index contributed by atoms with van der Waals surface area (Å²) in [4.78, 5) is 24.3. The predicted octanol–water partition coefficient (Wildman–Crippen LogP) is 0.916. The third-order valence-electron chi connectivity index (χ3n) is 2.65. The SMILES string of the molecule is COc1ccc(Br)cc1CN1CC(=O)NC(=O)C1. The summed E-state index contributed by atoms with van der Waals surface area (Å²) in [6.45, 7) is 0.949. The van der Waals surface area contributed by atoms with E-state index in [0.29, 0.717) is 6.54 Å². The van der Waals surface area contributed by atoms with Crippen molar-refractivity contribution in [3.8, 4) is 5.75 Å². The number of piperazine rings is 1. The van der Waals surface area contributed by atoms with Gasteiger partial charge in [-0.15, -0.1) is 0 Å². The lowest BCUT2D eigenvalue weighted by Crippen LogP contribution is -2.50. The number of imide groups is 1. The Bertz CT molecular complexity index is 474. The van der Waals surface area contributed by atoms with Crippen LogP contribution in [0.4, 0.5) is 0 Å². The van der Waals surface area contributed by atoms with E-state index in [0.717, 1.165) is 15.8 Å². The number of halogens is 1. The van der Waals surface area contributed by atoms with Crippen LogP contribution in [0, 0.1) is 0 Å². The van der Waals surface area contributed by atoms with Gasteiger partial charge in [0.1, 0.15) is 5.75 Å². The van der Waals surface area contributed by atoms with E-state index in [1.54, 1.807) is 12.0 Å². The molecule has 1 saturated heterocycles. The van der Waals surface area contributed by atoms with Crippen LogP contribution in [0.5, 0.6) is 5.75 Å². The number of amides is 2. The quantitative estimate of drug-likeness (QED) is 0.843. The van der Waals surface area contributed by atoms with Crippen LogP contribution in [-0.2, 0) is 16.1 Å². The van der Waals surface area contributed by atoms with Crippen molar-refractivity contribution < 1.29 is 14.3 Å². The van der Waals surface area contributed by atoms with Gasteiger partial charge in [0.05, 0.1) is 20.2 Å². The topological polar surface area (TPSA) is 58.6 Å². The number of carbonyl (C=O) groups is 2. The molecule has 6 heteroatoms. The average molecular weight is 313 g/mol. The fourth-order valence-corrected chi connectivity index (χ4v) is 2.33. The predicted molar refractivity (Wildman–Crippen MR) is 69.1 cm³/mol. The molecule has 2 rings (SSSR count). The van der Waals surface area contributed by atoms with E-state index in [9.17, 15) is 9.59 Å². The molecule has 0 saturated carbocycles. The first-order chi connectivity index (χ1) is 8.58. The number of benzene rings is 1. The number of hydrogen-bond acceptors (Lipinski definition) is 4. The van der Waals surface area contributed by atoms with Crippen molar-refractivity contribution in [1.29, 1.82) is 0 Å². The van der Waals surface area contributed by atoms with Crippen LogP contribution in [0.1, 0.15) is 5.56 Å². The number of hydrogen-bond donors (Lipinski definition) is 1. The number of carbonyl (C=O) groups excluding carboxylic acids is 2.